The molecule has 1 aromatic rings. The Morgan fingerprint density at radius 1 is 1.25 bits per heavy atom. The Bertz CT molecular complexity index is 267. The van der Waals surface area contributed by atoms with E-state index < -0.39 is 5.97 Å². The van der Waals surface area contributed by atoms with Crippen molar-refractivity contribution in [1.82, 2.24) is 0 Å². The Morgan fingerprint density at radius 2 is 1.83 bits per heavy atom. The number of carbonyl (C=O) groups is 1. The molecule has 0 heterocycles. The van der Waals surface area contributed by atoms with E-state index in [4.69, 9.17) is 0 Å². The Kier molecular flexibility index (Phi) is 5.72. The van der Waals surface area contributed by atoms with E-state index in [-0.39, 0.29) is 29.6 Å². The van der Waals surface area contributed by atoms with Crippen LogP contribution in [0.1, 0.15) is 5.56 Å². The molecule has 0 saturated carbocycles. The Hall–Kier alpha value is -0.570. The number of carbonyl (C=O) groups excluding carboxylic acids is 1. The van der Waals surface area contributed by atoms with E-state index in [1.54, 1.807) is 0 Å². The van der Waals surface area contributed by atoms with Crippen molar-refractivity contribution in [2.45, 2.75) is 0 Å². The summed E-state index contributed by atoms with van der Waals surface area (Å²) in [4.78, 5) is 9.97. The molecule has 0 fully saturated rings. The average Bonchev–Trinajstić information content (AvgIpc) is 2.03. The number of carboxylic acid groups (broad SMARTS) is 1. The van der Waals surface area contributed by atoms with Crippen LogP contribution in [-0.4, -0.2) is 5.97 Å². The van der Waals surface area contributed by atoms with Gasteiger partial charge in [0.2, 0.25) is 0 Å². The summed E-state index contributed by atoms with van der Waals surface area (Å²) in [5.41, 5.74) is 0.858. The van der Waals surface area contributed by atoms with Crippen LogP contribution in [0.5, 0.6) is 0 Å². The number of hydrogen-bond acceptors (Lipinski definition) is 2. The van der Waals surface area contributed by atoms with E-state index in [0.717, 1.165) is 11.6 Å². The zero-order valence-electron chi connectivity index (χ0n) is 6.86. The molecular formula is C9H7NaO2. The van der Waals surface area contributed by atoms with Crippen LogP contribution in [0.2, 0.25) is 0 Å². The fraction of sp³-hybridized carbons (Fsp3) is 0. The normalized spacial score (nSPS) is 9.33. The van der Waals surface area contributed by atoms with E-state index in [1.807, 2.05) is 30.3 Å². The second kappa shape index (κ2) is 6.00. The smallest absolute Gasteiger partial charge is 0.545 e. The van der Waals surface area contributed by atoms with Gasteiger partial charge in [0.15, 0.2) is 0 Å². The third-order valence-electron chi connectivity index (χ3n) is 1.21. The fourth-order valence-corrected chi connectivity index (χ4v) is 0.728. The van der Waals surface area contributed by atoms with E-state index in [9.17, 15) is 9.90 Å². The van der Waals surface area contributed by atoms with Crippen LogP contribution >= 0.6 is 0 Å². The van der Waals surface area contributed by atoms with Gasteiger partial charge in [-0.25, -0.2) is 0 Å². The molecule has 0 spiro atoms. The second-order valence-electron chi connectivity index (χ2n) is 2.06. The standard InChI is InChI=1S/C9H8O2.Na/c10-9(11)7-6-8-4-2-1-3-5-8;/h1-7H,(H,10,11);/q;+1/p-1/b7-6-;. The van der Waals surface area contributed by atoms with E-state index in [2.05, 4.69) is 0 Å². The molecule has 0 aromatic heterocycles. The first-order chi connectivity index (χ1) is 5.29. The van der Waals surface area contributed by atoms with Crippen LogP contribution in [0, 0.1) is 0 Å². The predicted octanol–water partition coefficient (Wildman–Crippen LogP) is -2.55. The summed E-state index contributed by atoms with van der Waals surface area (Å²) in [5, 5.41) is 9.97. The van der Waals surface area contributed by atoms with E-state index >= 15 is 0 Å². The minimum Gasteiger partial charge on any atom is -0.545 e. The van der Waals surface area contributed by atoms with Gasteiger partial charge >= 0.3 is 29.6 Å². The summed E-state index contributed by atoms with van der Waals surface area (Å²) in [6.07, 6.45) is 2.50. The van der Waals surface area contributed by atoms with Gasteiger partial charge in [-0.15, -0.1) is 0 Å². The minimum atomic E-state index is -1.17. The summed E-state index contributed by atoms with van der Waals surface area (Å²) in [6, 6.07) is 9.19. The maximum Gasteiger partial charge on any atom is 1.00 e. The minimum absolute atomic E-state index is 0. The number of aliphatic carboxylic acids is 1. The largest absolute Gasteiger partial charge is 1.00 e. The zero-order valence-corrected chi connectivity index (χ0v) is 8.86. The molecule has 0 bridgehead atoms. The molecule has 56 valence electrons. The SMILES string of the molecule is O=C([O-])/C=C\c1ccccc1.[Na+]. The van der Waals surface area contributed by atoms with Crippen molar-refractivity contribution in [2.75, 3.05) is 0 Å². The van der Waals surface area contributed by atoms with Crippen molar-refractivity contribution < 1.29 is 39.5 Å². The van der Waals surface area contributed by atoms with Crippen LogP contribution in [0.3, 0.4) is 0 Å². The van der Waals surface area contributed by atoms with Crippen LogP contribution in [0.15, 0.2) is 36.4 Å². The zero-order chi connectivity index (χ0) is 8.10. The molecule has 0 aliphatic heterocycles. The maximum atomic E-state index is 9.97. The van der Waals surface area contributed by atoms with Crippen LogP contribution in [0.25, 0.3) is 6.08 Å². The molecule has 0 amide bonds. The Balaban J connectivity index is 0.00000121. The number of benzene rings is 1. The molecule has 12 heavy (non-hydrogen) atoms. The first-order valence-electron chi connectivity index (χ1n) is 3.23. The predicted molar refractivity (Wildman–Crippen MR) is 40.5 cm³/mol. The summed E-state index contributed by atoms with van der Waals surface area (Å²) in [5.74, 6) is -1.17. The quantitative estimate of drug-likeness (QED) is 0.362. The molecule has 1 rings (SSSR count). The van der Waals surface area contributed by atoms with Crippen molar-refractivity contribution in [3.05, 3.63) is 42.0 Å². The van der Waals surface area contributed by atoms with Gasteiger partial charge in [0.1, 0.15) is 0 Å². The molecule has 0 N–H and O–H groups in total. The molecule has 0 atom stereocenters. The van der Waals surface area contributed by atoms with E-state index in [1.165, 1.54) is 6.08 Å². The van der Waals surface area contributed by atoms with Crippen molar-refractivity contribution in [1.29, 1.82) is 0 Å². The molecule has 0 radical (unpaired) electrons. The van der Waals surface area contributed by atoms with Gasteiger partial charge in [-0.05, 0) is 11.6 Å². The average molecular weight is 170 g/mol. The fourth-order valence-electron chi connectivity index (χ4n) is 0.728. The van der Waals surface area contributed by atoms with Gasteiger partial charge in [0, 0.05) is 0 Å². The molecule has 0 aliphatic carbocycles. The number of hydrogen-bond donors (Lipinski definition) is 0. The third kappa shape index (κ3) is 4.34. The molecule has 0 unspecified atom stereocenters. The van der Waals surface area contributed by atoms with Gasteiger partial charge in [0.05, 0.1) is 5.97 Å². The van der Waals surface area contributed by atoms with Gasteiger partial charge in [-0.2, -0.15) is 0 Å². The molecule has 3 heteroatoms. The first-order valence-corrected chi connectivity index (χ1v) is 3.23. The van der Waals surface area contributed by atoms with Crippen molar-refractivity contribution in [3.63, 3.8) is 0 Å². The van der Waals surface area contributed by atoms with Gasteiger partial charge in [-0.3, -0.25) is 0 Å². The molecule has 0 saturated heterocycles. The van der Waals surface area contributed by atoms with Crippen LogP contribution in [-0.2, 0) is 4.79 Å². The van der Waals surface area contributed by atoms with Gasteiger partial charge in [-0.1, -0.05) is 36.4 Å². The van der Waals surface area contributed by atoms with Crippen molar-refractivity contribution in [3.8, 4) is 0 Å². The maximum absolute atomic E-state index is 9.97. The Morgan fingerprint density at radius 3 is 2.33 bits per heavy atom. The molecule has 0 aliphatic rings. The summed E-state index contributed by atoms with van der Waals surface area (Å²) < 4.78 is 0. The van der Waals surface area contributed by atoms with Crippen molar-refractivity contribution >= 4 is 12.0 Å². The summed E-state index contributed by atoms with van der Waals surface area (Å²) in [7, 11) is 0. The Labute approximate surface area is 93.2 Å². The van der Waals surface area contributed by atoms with Crippen molar-refractivity contribution in [2.24, 2.45) is 0 Å². The van der Waals surface area contributed by atoms with Crippen LogP contribution in [0.4, 0.5) is 0 Å². The number of rotatable bonds is 2. The monoisotopic (exact) mass is 170 g/mol. The van der Waals surface area contributed by atoms with Gasteiger partial charge in [0.25, 0.3) is 0 Å². The van der Waals surface area contributed by atoms with Gasteiger partial charge < -0.3 is 9.90 Å². The van der Waals surface area contributed by atoms with Crippen LogP contribution < -0.4 is 34.7 Å². The van der Waals surface area contributed by atoms with E-state index in [0.29, 0.717) is 0 Å². The molecular weight excluding hydrogens is 163 g/mol. The second-order valence-corrected chi connectivity index (χ2v) is 2.06. The molecule has 1 aromatic carbocycles. The first kappa shape index (κ1) is 11.4. The summed E-state index contributed by atoms with van der Waals surface area (Å²) >= 11 is 0. The summed E-state index contributed by atoms with van der Waals surface area (Å²) in [6.45, 7) is 0. The number of carboxylic acids is 1. The topological polar surface area (TPSA) is 40.1 Å². The third-order valence-corrected chi connectivity index (χ3v) is 1.21. The molecule has 2 nitrogen and oxygen atoms in total.